The molecule has 1 aromatic carbocycles. The predicted molar refractivity (Wildman–Crippen MR) is 104 cm³/mol. The van der Waals surface area contributed by atoms with Crippen LogP contribution in [0.25, 0.3) is 11.0 Å². The molecule has 2 aromatic rings. The fourth-order valence-corrected chi connectivity index (χ4v) is 4.07. The molecule has 3 atom stereocenters. The molecule has 0 N–H and O–H groups in total. The summed E-state index contributed by atoms with van der Waals surface area (Å²) in [7, 11) is 0. The van der Waals surface area contributed by atoms with Crippen LogP contribution < -0.4 is 9.80 Å². The largest absolute Gasteiger partial charge is 0.447 e. The van der Waals surface area contributed by atoms with Crippen LogP contribution >= 0.6 is 0 Å². The van der Waals surface area contributed by atoms with E-state index in [2.05, 4.69) is 11.7 Å². The number of hydrogen-bond donors (Lipinski definition) is 0. The molecule has 4 rings (SSSR count). The number of halogens is 1. The summed E-state index contributed by atoms with van der Waals surface area (Å²) in [6, 6.07) is 1.19. The van der Waals surface area contributed by atoms with E-state index in [1.165, 1.54) is 11.0 Å². The average Bonchev–Trinajstić information content (AvgIpc) is 3.24. The van der Waals surface area contributed by atoms with Crippen molar-refractivity contribution in [2.24, 2.45) is 0 Å². The monoisotopic (exact) mass is 403 g/mol. The third-order valence-electron chi connectivity index (χ3n) is 5.18. The van der Waals surface area contributed by atoms with E-state index in [1.807, 2.05) is 13.8 Å². The van der Waals surface area contributed by atoms with Gasteiger partial charge in [-0.25, -0.2) is 9.18 Å². The van der Waals surface area contributed by atoms with Crippen LogP contribution in [-0.4, -0.2) is 55.5 Å². The smallest absolute Gasteiger partial charge is 0.416 e. The highest BCUT2D eigenvalue weighted by Gasteiger charge is 2.38. The van der Waals surface area contributed by atoms with Crippen molar-refractivity contribution in [2.75, 3.05) is 29.5 Å². The van der Waals surface area contributed by atoms with Crippen molar-refractivity contribution in [2.45, 2.75) is 38.5 Å². The van der Waals surface area contributed by atoms with E-state index in [1.54, 1.807) is 11.0 Å². The number of nitrogens with zero attached hydrogens (tertiary/aromatic N) is 3. The molecule has 154 valence electrons. The predicted octanol–water partition coefficient (Wildman–Crippen LogP) is 3.29. The molecule has 2 fully saturated rings. The number of amides is 1. The third-order valence-corrected chi connectivity index (χ3v) is 5.18. The van der Waals surface area contributed by atoms with Crippen LogP contribution in [0, 0.1) is 5.82 Å². The Hall–Kier alpha value is -2.94. The Balaban J connectivity index is 1.82. The van der Waals surface area contributed by atoms with E-state index in [0.29, 0.717) is 25.8 Å². The molecule has 2 aliphatic heterocycles. The Bertz CT molecular complexity index is 965. The fourth-order valence-electron chi connectivity index (χ4n) is 4.07. The van der Waals surface area contributed by atoms with Crippen molar-refractivity contribution in [3.05, 3.63) is 30.1 Å². The molecule has 0 aliphatic carbocycles. The summed E-state index contributed by atoms with van der Waals surface area (Å²) in [6.45, 7) is 8.52. The minimum Gasteiger partial charge on any atom is -0.447 e. The molecular formula is C20H22FN3O5. The van der Waals surface area contributed by atoms with E-state index in [9.17, 15) is 9.59 Å². The molecule has 2 saturated heterocycles. The number of aromatic nitrogens is 1. The lowest BCUT2D eigenvalue weighted by molar-refractivity contribution is -0.00543. The summed E-state index contributed by atoms with van der Waals surface area (Å²) < 4.78 is 31.6. The first kappa shape index (κ1) is 19.4. The summed E-state index contributed by atoms with van der Waals surface area (Å²) in [5, 5.41) is 4.18. The first-order valence-electron chi connectivity index (χ1n) is 9.49. The number of rotatable bonds is 5. The average molecular weight is 403 g/mol. The molecule has 3 heterocycles. The highest BCUT2D eigenvalue weighted by molar-refractivity contribution is 6.03. The lowest BCUT2D eigenvalue weighted by Gasteiger charge is -2.37. The Labute approximate surface area is 166 Å². The summed E-state index contributed by atoms with van der Waals surface area (Å²) >= 11 is 0. The molecule has 0 saturated carbocycles. The normalized spacial score (nSPS) is 24.8. The van der Waals surface area contributed by atoms with Crippen LogP contribution in [0.3, 0.4) is 0 Å². The number of cyclic esters (lactones) is 1. The quantitative estimate of drug-likeness (QED) is 0.559. The van der Waals surface area contributed by atoms with E-state index >= 15 is 4.39 Å². The van der Waals surface area contributed by atoms with Crippen LogP contribution in [0.4, 0.5) is 20.7 Å². The molecule has 29 heavy (non-hydrogen) atoms. The first-order chi connectivity index (χ1) is 13.9. The second kappa shape index (κ2) is 7.47. The molecule has 1 amide bonds. The van der Waals surface area contributed by atoms with Gasteiger partial charge in [-0.2, -0.15) is 0 Å². The second-order valence-electron chi connectivity index (χ2n) is 7.42. The van der Waals surface area contributed by atoms with Crippen LogP contribution in [0.2, 0.25) is 0 Å². The van der Waals surface area contributed by atoms with E-state index in [-0.39, 0.29) is 52.9 Å². The van der Waals surface area contributed by atoms with Crippen LogP contribution in [0.1, 0.15) is 30.6 Å². The van der Waals surface area contributed by atoms with E-state index in [0.717, 1.165) is 0 Å². The summed E-state index contributed by atoms with van der Waals surface area (Å²) in [5.74, 6) is -0.552. The van der Waals surface area contributed by atoms with Gasteiger partial charge in [0.15, 0.2) is 17.9 Å². The number of morpholine rings is 1. The lowest BCUT2D eigenvalue weighted by atomic mass is 10.1. The van der Waals surface area contributed by atoms with Gasteiger partial charge in [-0.1, -0.05) is 11.2 Å². The van der Waals surface area contributed by atoms with Crippen LogP contribution in [0.5, 0.6) is 0 Å². The topological polar surface area (TPSA) is 85.1 Å². The van der Waals surface area contributed by atoms with Gasteiger partial charge < -0.3 is 18.9 Å². The molecule has 0 radical (unpaired) electrons. The fraction of sp³-hybridized carbons (Fsp3) is 0.450. The van der Waals surface area contributed by atoms with Gasteiger partial charge in [-0.3, -0.25) is 9.69 Å². The van der Waals surface area contributed by atoms with Gasteiger partial charge >= 0.3 is 6.09 Å². The number of hydrogen-bond acceptors (Lipinski definition) is 7. The zero-order chi connectivity index (χ0) is 20.7. The maximum Gasteiger partial charge on any atom is 0.416 e. The van der Waals surface area contributed by atoms with Gasteiger partial charge in [-0.05, 0) is 26.3 Å². The first-order valence-corrected chi connectivity index (χ1v) is 9.49. The highest BCUT2D eigenvalue weighted by Crippen LogP contribution is 2.38. The van der Waals surface area contributed by atoms with Gasteiger partial charge in [-0.15, -0.1) is 6.58 Å². The number of carbonyl (C=O) groups is 2. The highest BCUT2D eigenvalue weighted by atomic mass is 19.1. The maximum atomic E-state index is 15.5. The maximum absolute atomic E-state index is 15.5. The molecule has 0 unspecified atom stereocenters. The Morgan fingerprint density at radius 2 is 2.07 bits per heavy atom. The summed E-state index contributed by atoms with van der Waals surface area (Å²) in [4.78, 5) is 27.2. The van der Waals surface area contributed by atoms with Crippen LogP contribution in [-0.2, 0) is 9.47 Å². The SMILES string of the molecule is C=CC[C@H]1COC(=O)N1c1noc2c(F)c(N3C[C@@H](C)O[C@H](C)C3)c(C=O)cc12. The Morgan fingerprint density at radius 1 is 1.34 bits per heavy atom. The van der Waals surface area contributed by atoms with Crippen molar-refractivity contribution in [1.82, 2.24) is 5.16 Å². The molecule has 0 spiro atoms. The van der Waals surface area contributed by atoms with Crippen molar-refractivity contribution in [3.8, 4) is 0 Å². The van der Waals surface area contributed by atoms with E-state index < -0.39 is 11.9 Å². The van der Waals surface area contributed by atoms with Gasteiger partial charge in [0, 0.05) is 18.7 Å². The number of ether oxygens (including phenoxy) is 2. The van der Waals surface area contributed by atoms with Gasteiger partial charge in [0.05, 0.1) is 29.3 Å². The van der Waals surface area contributed by atoms with E-state index in [4.69, 9.17) is 14.0 Å². The summed E-state index contributed by atoms with van der Waals surface area (Å²) in [5.41, 5.74) is 0.210. The van der Waals surface area contributed by atoms with Gasteiger partial charge in [0.25, 0.3) is 0 Å². The molecule has 9 heteroatoms. The number of carbonyl (C=O) groups excluding carboxylic acids is 2. The molecule has 1 aromatic heterocycles. The number of fused-ring (bicyclic) bond motifs is 1. The van der Waals surface area contributed by atoms with Gasteiger partial charge in [0.1, 0.15) is 6.61 Å². The third kappa shape index (κ3) is 3.25. The van der Waals surface area contributed by atoms with Crippen molar-refractivity contribution in [3.63, 3.8) is 0 Å². The zero-order valence-electron chi connectivity index (χ0n) is 16.3. The molecule has 8 nitrogen and oxygen atoms in total. The standard InChI is InChI=1S/C20H22FN3O5/c1-4-5-14-10-27-20(26)24(14)19-15-6-13(9-25)17(16(21)18(15)29-22-19)23-7-11(2)28-12(3)8-23/h4,6,9,11-12,14H,1,5,7-8,10H2,2-3H3/t11-,12-,14+/m1/s1. The molecular weight excluding hydrogens is 381 g/mol. The second-order valence-corrected chi connectivity index (χ2v) is 7.42. The minimum absolute atomic E-state index is 0.107. The van der Waals surface area contributed by atoms with Crippen molar-refractivity contribution in [1.29, 1.82) is 0 Å². The molecule has 0 bridgehead atoms. The zero-order valence-corrected chi connectivity index (χ0v) is 16.3. The van der Waals surface area contributed by atoms with Crippen LogP contribution in [0.15, 0.2) is 23.2 Å². The summed E-state index contributed by atoms with van der Waals surface area (Å²) in [6.07, 6.45) is 1.92. The number of anilines is 2. The van der Waals surface area contributed by atoms with Crippen molar-refractivity contribution < 1.29 is 28.0 Å². The van der Waals surface area contributed by atoms with Gasteiger partial charge in [0.2, 0.25) is 5.58 Å². The lowest BCUT2D eigenvalue weighted by Crippen LogP contribution is -2.46. The Morgan fingerprint density at radius 3 is 2.72 bits per heavy atom. The number of aldehydes is 1. The Kier molecular flexibility index (Phi) is 4.99. The minimum atomic E-state index is -0.683. The molecule has 2 aliphatic rings. The number of benzene rings is 1. The van der Waals surface area contributed by atoms with Crippen molar-refractivity contribution >= 4 is 34.9 Å².